The molecular weight excluding hydrogens is 268 g/mol. The van der Waals surface area contributed by atoms with Gasteiger partial charge in [0.2, 0.25) is 0 Å². The first kappa shape index (κ1) is 14.0. The Balaban J connectivity index is 1.89. The maximum Gasteiger partial charge on any atom is 0.276 e. The number of likely N-dealkylation sites (N-methyl/N-ethyl adjacent to an activating group) is 1. The average molecular weight is 285 g/mol. The number of hydrogen-bond donors (Lipinski definition) is 1. The number of anilines is 1. The van der Waals surface area contributed by atoms with Gasteiger partial charge in [-0.15, -0.1) is 0 Å². The Morgan fingerprint density at radius 2 is 2.32 bits per heavy atom. The van der Waals surface area contributed by atoms with Crippen LogP contribution in [0.3, 0.4) is 0 Å². The van der Waals surface area contributed by atoms with Crippen molar-refractivity contribution in [3.05, 3.63) is 27.4 Å². The third-order valence-electron chi connectivity index (χ3n) is 3.16. The van der Waals surface area contributed by atoms with Crippen molar-refractivity contribution in [2.45, 2.75) is 25.8 Å². The predicted octanol–water partition coefficient (Wildman–Crippen LogP) is 2.54. The molecule has 0 saturated heterocycles. The Hall–Kier alpha value is -1.40. The molecule has 6 nitrogen and oxygen atoms in total. The first-order chi connectivity index (χ1) is 9.10. The van der Waals surface area contributed by atoms with Crippen molar-refractivity contribution in [2.24, 2.45) is 0 Å². The zero-order valence-electron chi connectivity index (χ0n) is 10.8. The van der Waals surface area contributed by atoms with E-state index in [0.29, 0.717) is 18.4 Å². The van der Waals surface area contributed by atoms with Gasteiger partial charge in [-0.3, -0.25) is 15.0 Å². The van der Waals surface area contributed by atoms with Gasteiger partial charge in [0.1, 0.15) is 11.0 Å². The molecule has 104 valence electrons. The molecule has 0 aliphatic heterocycles. The minimum Gasteiger partial charge on any atom is -0.369 e. The Morgan fingerprint density at radius 1 is 1.58 bits per heavy atom. The molecule has 1 N–H and O–H groups in total. The Kier molecular flexibility index (Phi) is 4.55. The summed E-state index contributed by atoms with van der Waals surface area (Å²) in [5, 5.41) is 13.9. The van der Waals surface area contributed by atoms with E-state index in [1.54, 1.807) is 0 Å². The molecule has 7 heteroatoms. The van der Waals surface area contributed by atoms with E-state index in [-0.39, 0.29) is 10.8 Å². The van der Waals surface area contributed by atoms with Crippen LogP contribution >= 0.6 is 11.6 Å². The molecule has 1 aromatic rings. The fraction of sp³-hybridized carbons (Fsp3) is 0.583. The standard InChI is InChI=1S/C12H17ClN4O2/c1-2-16(9-3-4-9)6-5-14-12-8-10(17(18)19)7-11(13)15-12/h7-9H,2-6H2,1H3,(H,14,15). The molecule has 1 saturated carbocycles. The molecule has 0 amide bonds. The Labute approximate surface area is 116 Å². The lowest BCUT2D eigenvalue weighted by atomic mass is 10.4. The molecular formula is C12H17ClN4O2. The fourth-order valence-corrected chi connectivity index (χ4v) is 2.25. The van der Waals surface area contributed by atoms with Crippen molar-refractivity contribution in [1.29, 1.82) is 0 Å². The summed E-state index contributed by atoms with van der Waals surface area (Å²) in [6.45, 7) is 4.77. The summed E-state index contributed by atoms with van der Waals surface area (Å²) >= 11 is 5.76. The highest BCUT2D eigenvalue weighted by molar-refractivity contribution is 6.29. The van der Waals surface area contributed by atoms with E-state index in [9.17, 15) is 10.1 Å². The smallest absolute Gasteiger partial charge is 0.276 e. The minimum atomic E-state index is -0.471. The lowest BCUT2D eigenvalue weighted by Crippen LogP contribution is -2.31. The van der Waals surface area contributed by atoms with Gasteiger partial charge in [-0.1, -0.05) is 18.5 Å². The van der Waals surface area contributed by atoms with Crippen LogP contribution in [0.1, 0.15) is 19.8 Å². The summed E-state index contributed by atoms with van der Waals surface area (Å²) in [6.07, 6.45) is 2.55. The molecule has 0 aromatic carbocycles. The molecule has 19 heavy (non-hydrogen) atoms. The molecule has 0 unspecified atom stereocenters. The molecule has 0 bridgehead atoms. The summed E-state index contributed by atoms with van der Waals surface area (Å²) in [6, 6.07) is 3.36. The zero-order chi connectivity index (χ0) is 13.8. The lowest BCUT2D eigenvalue weighted by molar-refractivity contribution is -0.384. The number of aromatic nitrogens is 1. The maximum absolute atomic E-state index is 10.7. The van der Waals surface area contributed by atoms with Crippen LogP contribution < -0.4 is 5.32 Å². The van der Waals surface area contributed by atoms with E-state index in [2.05, 4.69) is 22.1 Å². The van der Waals surface area contributed by atoms with Crippen LogP contribution in [0.2, 0.25) is 5.15 Å². The van der Waals surface area contributed by atoms with E-state index in [4.69, 9.17) is 11.6 Å². The molecule has 1 aromatic heterocycles. The normalized spacial score (nSPS) is 14.7. The number of nitrogens with zero attached hydrogens (tertiary/aromatic N) is 3. The Bertz CT molecular complexity index is 465. The van der Waals surface area contributed by atoms with Crippen LogP contribution in [0, 0.1) is 10.1 Å². The highest BCUT2D eigenvalue weighted by atomic mass is 35.5. The largest absolute Gasteiger partial charge is 0.369 e. The first-order valence-corrected chi connectivity index (χ1v) is 6.78. The molecule has 0 radical (unpaired) electrons. The second-order valence-electron chi connectivity index (χ2n) is 4.58. The summed E-state index contributed by atoms with van der Waals surface area (Å²) in [5.41, 5.74) is -0.0444. The Morgan fingerprint density at radius 3 is 2.89 bits per heavy atom. The summed E-state index contributed by atoms with van der Waals surface area (Å²) < 4.78 is 0. The molecule has 0 spiro atoms. The third-order valence-corrected chi connectivity index (χ3v) is 3.36. The topological polar surface area (TPSA) is 71.3 Å². The maximum atomic E-state index is 10.7. The molecule has 1 aliphatic rings. The lowest BCUT2D eigenvalue weighted by Gasteiger charge is -2.19. The van der Waals surface area contributed by atoms with Crippen LogP contribution in [-0.4, -0.2) is 40.5 Å². The van der Waals surface area contributed by atoms with Gasteiger partial charge in [0.05, 0.1) is 17.1 Å². The van der Waals surface area contributed by atoms with Crippen molar-refractivity contribution >= 4 is 23.1 Å². The molecule has 1 heterocycles. The van der Waals surface area contributed by atoms with Crippen molar-refractivity contribution < 1.29 is 4.92 Å². The number of halogens is 1. The number of hydrogen-bond acceptors (Lipinski definition) is 5. The third kappa shape index (κ3) is 4.04. The van der Waals surface area contributed by atoms with E-state index in [1.165, 1.54) is 25.0 Å². The van der Waals surface area contributed by atoms with Crippen LogP contribution in [0.25, 0.3) is 0 Å². The van der Waals surface area contributed by atoms with Crippen LogP contribution in [0.15, 0.2) is 12.1 Å². The van der Waals surface area contributed by atoms with Gasteiger partial charge >= 0.3 is 0 Å². The second-order valence-corrected chi connectivity index (χ2v) is 4.96. The van der Waals surface area contributed by atoms with Crippen molar-refractivity contribution in [3.8, 4) is 0 Å². The number of nitro groups is 1. The zero-order valence-corrected chi connectivity index (χ0v) is 11.6. The summed E-state index contributed by atoms with van der Waals surface area (Å²) in [4.78, 5) is 16.7. The average Bonchev–Trinajstić information content (AvgIpc) is 3.18. The van der Waals surface area contributed by atoms with Gasteiger partial charge < -0.3 is 5.32 Å². The highest BCUT2D eigenvalue weighted by Gasteiger charge is 2.27. The quantitative estimate of drug-likeness (QED) is 0.473. The fourth-order valence-electron chi connectivity index (χ4n) is 2.05. The number of rotatable bonds is 7. The molecule has 0 atom stereocenters. The molecule has 2 rings (SSSR count). The monoisotopic (exact) mass is 284 g/mol. The SMILES string of the molecule is CCN(CCNc1cc([N+](=O)[O-])cc(Cl)n1)C1CC1. The van der Waals surface area contributed by atoms with Gasteiger partial charge in [-0.05, 0) is 19.4 Å². The molecule has 1 aliphatic carbocycles. The van der Waals surface area contributed by atoms with Crippen molar-refractivity contribution in [1.82, 2.24) is 9.88 Å². The van der Waals surface area contributed by atoms with Crippen LogP contribution in [0.4, 0.5) is 11.5 Å². The highest BCUT2D eigenvalue weighted by Crippen LogP contribution is 2.26. The number of nitrogens with one attached hydrogen (secondary N) is 1. The van der Waals surface area contributed by atoms with E-state index in [0.717, 1.165) is 13.1 Å². The number of pyridine rings is 1. The predicted molar refractivity (Wildman–Crippen MR) is 74.7 cm³/mol. The van der Waals surface area contributed by atoms with E-state index >= 15 is 0 Å². The van der Waals surface area contributed by atoms with Gasteiger partial charge in [-0.25, -0.2) is 4.98 Å². The molecule has 1 fully saturated rings. The second kappa shape index (κ2) is 6.16. The van der Waals surface area contributed by atoms with Crippen LogP contribution in [0.5, 0.6) is 0 Å². The van der Waals surface area contributed by atoms with Crippen molar-refractivity contribution in [3.63, 3.8) is 0 Å². The summed E-state index contributed by atoms with van der Waals surface area (Å²) in [5.74, 6) is 0.450. The summed E-state index contributed by atoms with van der Waals surface area (Å²) in [7, 11) is 0. The van der Waals surface area contributed by atoms with E-state index in [1.807, 2.05) is 0 Å². The van der Waals surface area contributed by atoms with Gasteiger partial charge in [0.25, 0.3) is 5.69 Å². The van der Waals surface area contributed by atoms with E-state index < -0.39 is 4.92 Å². The minimum absolute atomic E-state index is 0.0444. The van der Waals surface area contributed by atoms with Gasteiger partial charge in [-0.2, -0.15) is 0 Å². The van der Waals surface area contributed by atoms with Crippen LogP contribution in [-0.2, 0) is 0 Å². The van der Waals surface area contributed by atoms with Gasteiger partial charge in [0, 0.05) is 19.1 Å². The van der Waals surface area contributed by atoms with Crippen molar-refractivity contribution in [2.75, 3.05) is 25.0 Å². The first-order valence-electron chi connectivity index (χ1n) is 6.40. The van der Waals surface area contributed by atoms with Gasteiger partial charge in [0.15, 0.2) is 0 Å².